The molecule has 6 heteroatoms. The topological polar surface area (TPSA) is 74.6 Å². The van der Waals surface area contributed by atoms with Crippen molar-refractivity contribution in [3.8, 4) is 16.9 Å². The summed E-state index contributed by atoms with van der Waals surface area (Å²) < 4.78 is 4.09. The van der Waals surface area contributed by atoms with E-state index in [2.05, 4.69) is 39.2 Å². The number of nitrogens with zero attached hydrogens (tertiary/aromatic N) is 5. The first-order valence-electron chi connectivity index (χ1n) is 10.6. The van der Waals surface area contributed by atoms with Crippen LogP contribution < -0.4 is 5.73 Å². The maximum absolute atomic E-state index is 5.94. The van der Waals surface area contributed by atoms with Gasteiger partial charge in [0.05, 0.1) is 24.1 Å². The van der Waals surface area contributed by atoms with Crippen molar-refractivity contribution in [3.63, 3.8) is 0 Å². The molecule has 3 heterocycles. The molecule has 3 aromatic heterocycles. The van der Waals surface area contributed by atoms with Crippen LogP contribution in [0.5, 0.6) is 0 Å². The first-order valence-corrected chi connectivity index (χ1v) is 10.6. The highest BCUT2D eigenvalue weighted by molar-refractivity contribution is 5.64. The van der Waals surface area contributed by atoms with Crippen molar-refractivity contribution in [2.75, 3.05) is 6.54 Å². The standard InChI is InChI=1S/C24H26N6/c25-12-11-19-6-4-10-22-23(19)24(20-7-5-13-26-15-20)28-30(22)17-18-14-27-29(16-18)21-8-2-1-3-9-21/h1-3,5,7-9,13-16,19H,4,6,10-12,17,25H2. The van der Waals surface area contributed by atoms with Gasteiger partial charge in [-0.3, -0.25) is 9.67 Å². The number of nitrogens with two attached hydrogens (primary N) is 1. The molecule has 1 unspecified atom stereocenters. The highest BCUT2D eigenvalue weighted by atomic mass is 15.3. The van der Waals surface area contributed by atoms with Gasteiger partial charge in [0.25, 0.3) is 0 Å². The molecule has 6 nitrogen and oxygen atoms in total. The van der Waals surface area contributed by atoms with Crippen molar-refractivity contribution < 1.29 is 0 Å². The summed E-state index contributed by atoms with van der Waals surface area (Å²) in [7, 11) is 0. The molecule has 0 fully saturated rings. The van der Waals surface area contributed by atoms with E-state index >= 15 is 0 Å². The van der Waals surface area contributed by atoms with Crippen LogP contribution in [-0.2, 0) is 13.0 Å². The summed E-state index contributed by atoms with van der Waals surface area (Å²) in [5.41, 5.74) is 13.0. The minimum atomic E-state index is 0.467. The third-order valence-electron chi connectivity index (χ3n) is 5.91. The predicted molar refractivity (Wildman–Crippen MR) is 117 cm³/mol. The minimum Gasteiger partial charge on any atom is -0.330 e. The van der Waals surface area contributed by atoms with E-state index in [-0.39, 0.29) is 0 Å². The normalized spacial score (nSPS) is 15.8. The first-order chi connectivity index (χ1) is 14.8. The molecule has 0 saturated heterocycles. The Balaban J connectivity index is 1.52. The van der Waals surface area contributed by atoms with Crippen LogP contribution in [-0.4, -0.2) is 31.1 Å². The fourth-order valence-corrected chi connectivity index (χ4v) is 4.54. The van der Waals surface area contributed by atoms with E-state index in [1.807, 2.05) is 47.5 Å². The van der Waals surface area contributed by atoms with E-state index in [1.54, 1.807) is 0 Å². The Morgan fingerprint density at radius 3 is 2.77 bits per heavy atom. The second-order valence-electron chi connectivity index (χ2n) is 7.90. The maximum Gasteiger partial charge on any atom is 0.0976 e. The van der Waals surface area contributed by atoms with Gasteiger partial charge in [0.15, 0.2) is 0 Å². The van der Waals surface area contributed by atoms with Crippen molar-refractivity contribution in [1.29, 1.82) is 0 Å². The van der Waals surface area contributed by atoms with E-state index in [9.17, 15) is 0 Å². The summed E-state index contributed by atoms with van der Waals surface area (Å²) in [4.78, 5) is 4.32. The lowest BCUT2D eigenvalue weighted by molar-refractivity contribution is 0.506. The zero-order chi connectivity index (χ0) is 20.3. The molecule has 1 aromatic carbocycles. The Morgan fingerprint density at radius 1 is 1.07 bits per heavy atom. The molecule has 1 atom stereocenters. The van der Waals surface area contributed by atoms with Crippen LogP contribution in [0.4, 0.5) is 0 Å². The van der Waals surface area contributed by atoms with Gasteiger partial charge in [-0.1, -0.05) is 18.2 Å². The molecule has 1 aliphatic carbocycles. The summed E-state index contributed by atoms with van der Waals surface area (Å²) >= 11 is 0. The molecule has 0 amide bonds. The number of fused-ring (bicyclic) bond motifs is 1. The maximum atomic E-state index is 5.94. The zero-order valence-electron chi connectivity index (χ0n) is 17.0. The van der Waals surface area contributed by atoms with Crippen LogP contribution in [0.25, 0.3) is 16.9 Å². The van der Waals surface area contributed by atoms with Crippen LogP contribution in [0.3, 0.4) is 0 Å². The Morgan fingerprint density at radius 2 is 1.97 bits per heavy atom. The van der Waals surface area contributed by atoms with E-state index in [1.165, 1.54) is 24.1 Å². The summed E-state index contributed by atoms with van der Waals surface area (Å²) in [5.74, 6) is 0.467. The molecule has 4 aromatic rings. The SMILES string of the molecule is NCCC1CCCc2c1c(-c1cccnc1)nn2Cc1cnn(-c2ccccc2)c1. The second kappa shape index (κ2) is 8.24. The summed E-state index contributed by atoms with van der Waals surface area (Å²) in [6.45, 7) is 1.41. The molecular formula is C24H26N6. The molecular weight excluding hydrogens is 372 g/mol. The van der Waals surface area contributed by atoms with Gasteiger partial charge in [-0.15, -0.1) is 0 Å². The number of rotatable bonds is 6. The Kier molecular flexibility index (Phi) is 5.15. The monoisotopic (exact) mass is 398 g/mol. The van der Waals surface area contributed by atoms with Crippen molar-refractivity contribution >= 4 is 0 Å². The molecule has 1 aliphatic rings. The highest BCUT2D eigenvalue weighted by Gasteiger charge is 2.29. The number of hydrogen-bond acceptors (Lipinski definition) is 4. The lowest BCUT2D eigenvalue weighted by Gasteiger charge is -2.23. The van der Waals surface area contributed by atoms with Crippen LogP contribution in [0, 0.1) is 0 Å². The van der Waals surface area contributed by atoms with Gasteiger partial charge in [0.2, 0.25) is 0 Å². The Hall–Kier alpha value is -3.25. The van der Waals surface area contributed by atoms with Gasteiger partial charge in [0.1, 0.15) is 0 Å². The average molecular weight is 399 g/mol. The van der Waals surface area contributed by atoms with E-state index < -0.39 is 0 Å². The fraction of sp³-hybridized carbons (Fsp3) is 0.292. The molecule has 0 bridgehead atoms. The van der Waals surface area contributed by atoms with Crippen molar-refractivity contribution in [2.24, 2.45) is 5.73 Å². The quantitative estimate of drug-likeness (QED) is 0.534. The van der Waals surface area contributed by atoms with E-state index in [4.69, 9.17) is 10.8 Å². The van der Waals surface area contributed by atoms with Crippen molar-refractivity contribution in [1.82, 2.24) is 24.5 Å². The van der Waals surface area contributed by atoms with E-state index in [0.717, 1.165) is 35.3 Å². The predicted octanol–water partition coefficient (Wildman–Crippen LogP) is 3.95. The minimum absolute atomic E-state index is 0.467. The van der Waals surface area contributed by atoms with Gasteiger partial charge in [-0.2, -0.15) is 10.2 Å². The number of hydrogen-bond donors (Lipinski definition) is 1. The molecule has 0 spiro atoms. The van der Waals surface area contributed by atoms with Gasteiger partial charge in [-0.05, 0) is 62.4 Å². The van der Waals surface area contributed by atoms with Crippen molar-refractivity contribution in [2.45, 2.75) is 38.1 Å². The lowest BCUT2D eigenvalue weighted by atomic mass is 9.82. The molecule has 0 saturated carbocycles. The number of aromatic nitrogens is 5. The van der Waals surface area contributed by atoms with Crippen LogP contribution in [0.2, 0.25) is 0 Å². The fourth-order valence-electron chi connectivity index (χ4n) is 4.54. The third kappa shape index (κ3) is 3.55. The molecule has 5 rings (SSSR count). The average Bonchev–Trinajstić information content (AvgIpc) is 3.41. The third-order valence-corrected chi connectivity index (χ3v) is 5.91. The molecule has 2 N–H and O–H groups in total. The Labute approximate surface area is 176 Å². The highest BCUT2D eigenvalue weighted by Crippen LogP contribution is 2.40. The largest absolute Gasteiger partial charge is 0.330 e. The van der Waals surface area contributed by atoms with Crippen LogP contribution in [0.15, 0.2) is 67.3 Å². The molecule has 0 radical (unpaired) electrons. The summed E-state index contributed by atoms with van der Waals surface area (Å²) in [5, 5.41) is 9.62. The number of para-hydroxylation sites is 1. The second-order valence-corrected chi connectivity index (χ2v) is 7.90. The van der Waals surface area contributed by atoms with E-state index in [0.29, 0.717) is 19.0 Å². The van der Waals surface area contributed by atoms with Crippen LogP contribution >= 0.6 is 0 Å². The summed E-state index contributed by atoms with van der Waals surface area (Å²) in [6.07, 6.45) is 12.2. The smallest absolute Gasteiger partial charge is 0.0976 e. The van der Waals surface area contributed by atoms with Gasteiger partial charge < -0.3 is 5.73 Å². The van der Waals surface area contributed by atoms with Crippen molar-refractivity contribution in [3.05, 3.63) is 84.1 Å². The summed E-state index contributed by atoms with van der Waals surface area (Å²) in [6, 6.07) is 14.3. The molecule has 30 heavy (non-hydrogen) atoms. The van der Waals surface area contributed by atoms with Gasteiger partial charge in [0, 0.05) is 41.0 Å². The van der Waals surface area contributed by atoms with Gasteiger partial charge >= 0.3 is 0 Å². The lowest BCUT2D eigenvalue weighted by Crippen LogP contribution is -2.16. The first kappa shape index (κ1) is 18.8. The molecule has 152 valence electrons. The Bertz CT molecular complexity index is 1110. The number of pyridine rings is 1. The van der Waals surface area contributed by atoms with Crippen LogP contribution in [0.1, 0.15) is 42.0 Å². The zero-order valence-corrected chi connectivity index (χ0v) is 17.0. The molecule has 0 aliphatic heterocycles. The van der Waals surface area contributed by atoms with Gasteiger partial charge in [-0.25, -0.2) is 4.68 Å². The number of benzene rings is 1.